The van der Waals surface area contributed by atoms with Crippen LogP contribution in [0.1, 0.15) is 34.3 Å². The van der Waals surface area contributed by atoms with Crippen LogP contribution in [0.4, 0.5) is 0 Å². The molecule has 1 aliphatic rings. The molecule has 1 saturated heterocycles. The van der Waals surface area contributed by atoms with Crippen molar-refractivity contribution in [2.75, 3.05) is 27.2 Å². The maximum absolute atomic E-state index is 12.9. The first-order valence-electron chi connectivity index (χ1n) is 10.5. The van der Waals surface area contributed by atoms with Crippen LogP contribution in [0, 0.1) is 13.8 Å². The Morgan fingerprint density at radius 1 is 1.06 bits per heavy atom. The van der Waals surface area contributed by atoms with Gasteiger partial charge in [0.1, 0.15) is 6.10 Å². The second-order valence-electron chi connectivity index (χ2n) is 8.28. The second-order valence-corrected chi connectivity index (χ2v) is 11.4. The molecular weight excluding hydrogens is 446 g/mol. The summed E-state index contributed by atoms with van der Waals surface area (Å²) >= 11 is 1.57. The van der Waals surface area contributed by atoms with Crippen LogP contribution in [0.5, 0.6) is 5.19 Å². The van der Waals surface area contributed by atoms with Gasteiger partial charge in [0.25, 0.3) is 11.1 Å². The Balaban J connectivity index is 1.38. The molecule has 4 rings (SSSR count). The predicted molar refractivity (Wildman–Crippen MR) is 126 cm³/mol. The number of benzene rings is 2. The maximum Gasteiger partial charge on any atom is 0.274 e. The Bertz CT molecular complexity index is 1200. The molecule has 0 atom stereocenters. The highest BCUT2D eigenvalue weighted by molar-refractivity contribution is 7.89. The van der Waals surface area contributed by atoms with Gasteiger partial charge in [0.2, 0.25) is 10.0 Å². The van der Waals surface area contributed by atoms with Gasteiger partial charge in [-0.25, -0.2) is 17.7 Å². The lowest BCUT2D eigenvalue weighted by molar-refractivity contribution is 0.0595. The van der Waals surface area contributed by atoms with Crippen molar-refractivity contribution >= 4 is 37.5 Å². The minimum Gasteiger partial charge on any atom is -0.467 e. The smallest absolute Gasteiger partial charge is 0.274 e. The molecule has 9 heteroatoms. The van der Waals surface area contributed by atoms with Crippen molar-refractivity contribution in [2.24, 2.45) is 0 Å². The number of amides is 1. The summed E-state index contributed by atoms with van der Waals surface area (Å²) in [5.41, 5.74) is 3.82. The second kappa shape index (κ2) is 8.80. The van der Waals surface area contributed by atoms with E-state index in [0.29, 0.717) is 23.8 Å². The molecule has 32 heavy (non-hydrogen) atoms. The fraction of sp³-hybridized carbons (Fsp3) is 0.391. The highest BCUT2D eigenvalue weighted by atomic mass is 32.2. The molecule has 2 aromatic carbocycles. The summed E-state index contributed by atoms with van der Waals surface area (Å²) in [6.45, 7) is 5.31. The number of fused-ring (bicyclic) bond motifs is 1. The van der Waals surface area contributed by atoms with E-state index in [9.17, 15) is 13.2 Å². The van der Waals surface area contributed by atoms with Gasteiger partial charge in [-0.15, -0.1) is 0 Å². The Hall–Kier alpha value is -2.49. The Morgan fingerprint density at radius 2 is 1.69 bits per heavy atom. The first kappa shape index (κ1) is 22.7. The van der Waals surface area contributed by atoms with E-state index >= 15 is 0 Å². The summed E-state index contributed by atoms with van der Waals surface area (Å²) in [6.07, 6.45) is 1.48. The molecular formula is C23H27N3O4S2. The number of ether oxygens (including phenoxy) is 1. The van der Waals surface area contributed by atoms with Crippen LogP contribution in [-0.2, 0) is 10.0 Å². The Morgan fingerprint density at radius 3 is 2.28 bits per heavy atom. The minimum absolute atomic E-state index is 0.0211. The van der Waals surface area contributed by atoms with Gasteiger partial charge in [-0.1, -0.05) is 23.5 Å². The van der Waals surface area contributed by atoms with Gasteiger partial charge in [-0.2, -0.15) is 0 Å². The monoisotopic (exact) mass is 473 g/mol. The maximum atomic E-state index is 12.9. The molecule has 3 aromatic rings. The predicted octanol–water partition coefficient (Wildman–Crippen LogP) is 3.85. The van der Waals surface area contributed by atoms with Gasteiger partial charge in [0.15, 0.2) is 0 Å². The van der Waals surface area contributed by atoms with Gasteiger partial charge >= 0.3 is 0 Å². The van der Waals surface area contributed by atoms with Crippen molar-refractivity contribution in [2.45, 2.75) is 37.7 Å². The molecule has 0 spiro atoms. The third-order valence-corrected chi connectivity index (χ3v) is 8.71. The average molecular weight is 474 g/mol. The topological polar surface area (TPSA) is 79.8 Å². The number of likely N-dealkylation sites (tertiary alicyclic amines) is 1. The highest BCUT2D eigenvalue weighted by Gasteiger charge is 2.26. The van der Waals surface area contributed by atoms with Crippen molar-refractivity contribution in [3.63, 3.8) is 0 Å². The Kier molecular flexibility index (Phi) is 6.24. The van der Waals surface area contributed by atoms with Gasteiger partial charge < -0.3 is 9.64 Å². The van der Waals surface area contributed by atoms with Gasteiger partial charge in [-0.3, -0.25) is 4.79 Å². The summed E-state index contributed by atoms with van der Waals surface area (Å²) in [5.74, 6) is -0.0940. The largest absolute Gasteiger partial charge is 0.467 e. The number of carbonyl (C=O) groups is 1. The molecule has 0 N–H and O–H groups in total. The first-order chi connectivity index (χ1) is 15.2. The van der Waals surface area contributed by atoms with Crippen molar-refractivity contribution in [1.29, 1.82) is 0 Å². The third kappa shape index (κ3) is 4.37. The Labute approximate surface area is 192 Å². The zero-order valence-electron chi connectivity index (χ0n) is 18.7. The van der Waals surface area contributed by atoms with Gasteiger partial charge in [0, 0.05) is 45.6 Å². The standard InChI is InChI=1S/C23H27N3O4S2/c1-15-5-6-16(2)21-20(15)24-23(31-21)30-18-11-13-26(14-12-18)22(27)17-7-9-19(10-8-17)32(28,29)25(3)4/h5-10,18H,11-14H2,1-4H3. The summed E-state index contributed by atoms with van der Waals surface area (Å²) in [7, 11) is -0.543. The van der Waals surface area contributed by atoms with Crippen LogP contribution in [-0.4, -0.2) is 61.8 Å². The van der Waals surface area contributed by atoms with Gasteiger partial charge in [-0.05, 0) is 49.2 Å². The number of aryl methyl sites for hydroxylation is 2. The lowest BCUT2D eigenvalue weighted by Crippen LogP contribution is -2.41. The molecule has 0 saturated carbocycles. The minimum atomic E-state index is -3.51. The van der Waals surface area contributed by atoms with E-state index in [1.165, 1.54) is 31.8 Å². The van der Waals surface area contributed by atoms with Crippen molar-refractivity contribution < 1.29 is 17.9 Å². The number of piperidine rings is 1. The zero-order valence-corrected chi connectivity index (χ0v) is 20.3. The average Bonchev–Trinajstić information content (AvgIpc) is 3.21. The zero-order chi connectivity index (χ0) is 23.0. The molecule has 170 valence electrons. The van der Waals surface area contributed by atoms with E-state index in [2.05, 4.69) is 31.0 Å². The van der Waals surface area contributed by atoms with Crippen molar-refractivity contribution in [3.8, 4) is 5.19 Å². The highest BCUT2D eigenvalue weighted by Crippen LogP contribution is 2.33. The van der Waals surface area contributed by atoms with Crippen molar-refractivity contribution in [3.05, 3.63) is 53.1 Å². The number of hydrogen-bond donors (Lipinski definition) is 0. The van der Waals surface area contributed by atoms with E-state index in [0.717, 1.165) is 32.9 Å². The van der Waals surface area contributed by atoms with E-state index in [-0.39, 0.29) is 16.9 Å². The summed E-state index contributed by atoms with van der Waals surface area (Å²) in [4.78, 5) is 19.5. The molecule has 1 aromatic heterocycles. The number of hydrogen-bond acceptors (Lipinski definition) is 6. The molecule has 0 radical (unpaired) electrons. The summed E-state index contributed by atoms with van der Waals surface area (Å²) < 4.78 is 32.9. The molecule has 1 amide bonds. The molecule has 0 unspecified atom stereocenters. The van der Waals surface area contributed by atoms with Crippen LogP contribution in [0.3, 0.4) is 0 Å². The van der Waals surface area contributed by atoms with E-state index in [4.69, 9.17) is 4.74 Å². The van der Waals surface area contributed by atoms with Gasteiger partial charge in [0.05, 0.1) is 15.1 Å². The van der Waals surface area contributed by atoms with E-state index < -0.39 is 10.0 Å². The normalized spacial score (nSPS) is 15.5. The van der Waals surface area contributed by atoms with E-state index in [1.54, 1.807) is 28.4 Å². The fourth-order valence-corrected chi connectivity index (χ4v) is 5.70. The lowest BCUT2D eigenvalue weighted by atomic mass is 10.1. The third-order valence-electron chi connectivity index (χ3n) is 5.80. The van der Waals surface area contributed by atoms with Crippen LogP contribution in [0.2, 0.25) is 0 Å². The van der Waals surface area contributed by atoms with Crippen LogP contribution in [0.25, 0.3) is 10.2 Å². The van der Waals surface area contributed by atoms with Crippen LogP contribution in [0.15, 0.2) is 41.3 Å². The van der Waals surface area contributed by atoms with E-state index in [1.807, 2.05) is 0 Å². The molecule has 0 aliphatic carbocycles. The number of rotatable bonds is 5. The fourth-order valence-electron chi connectivity index (χ4n) is 3.77. The van der Waals surface area contributed by atoms with Crippen LogP contribution < -0.4 is 4.74 Å². The SMILES string of the molecule is Cc1ccc(C)c2sc(OC3CCN(C(=O)c4ccc(S(=O)(=O)N(C)C)cc4)CC3)nc12. The number of thiazole rings is 1. The molecule has 1 aliphatic heterocycles. The number of aromatic nitrogens is 1. The molecule has 1 fully saturated rings. The summed E-state index contributed by atoms with van der Waals surface area (Å²) in [5, 5.41) is 0.680. The first-order valence-corrected chi connectivity index (χ1v) is 12.8. The lowest BCUT2D eigenvalue weighted by Gasteiger charge is -2.31. The summed E-state index contributed by atoms with van der Waals surface area (Å²) in [6, 6.07) is 10.3. The number of nitrogens with zero attached hydrogens (tertiary/aromatic N) is 3. The molecule has 2 heterocycles. The van der Waals surface area contributed by atoms with Crippen LogP contribution >= 0.6 is 11.3 Å². The number of carbonyl (C=O) groups excluding carboxylic acids is 1. The number of sulfonamides is 1. The molecule has 0 bridgehead atoms. The van der Waals surface area contributed by atoms with Crippen molar-refractivity contribution in [1.82, 2.24) is 14.2 Å². The quantitative estimate of drug-likeness (QED) is 0.562. The molecule has 7 nitrogen and oxygen atoms in total.